The van der Waals surface area contributed by atoms with E-state index < -0.39 is 4.92 Å². The summed E-state index contributed by atoms with van der Waals surface area (Å²) in [7, 11) is 0. The summed E-state index contributed by atoms with van der Waals surface area (Å²) in [4.78, 5) is 10.8. The van der Waals surface area contributed by atoms with Crippen molar-refractivity contribution in [3.63, 3.8) is 0 Å². The van der Waals surface area contributed by atoms with Crippen LogP contribution in [-0.2, 0) is 20.4 Å². The molecule has 6 nitrogen and oxygen atoms in total. The van der Waals surface area contributed by atoms with Crippen molar-refractivity contribution in [3.05, 3.63) is 27.1 Å². The maximum absolute atomic E-state index is 10.5. The summed E-state index contributed by atoms with van der Waals surface area (Å²) in [5, 5.41) is 18.3. The number of nitrogens with zero attached hydrogens (tertiary/aromatic N) is 2. The second-order valence-electron chi connectivity index (χ2n) is 4.26. The van der Waals surface area contributed by atoms with Crippen LogP contribution in [0, 0.1) is 10.1 Å². The van der Waals surface area contributed by atoms with Crippen molar-refractivity contribution in [1.82, 2.24) is 10.7 Å². The van der Waals surface area contributed by atoms with E-state index in [2.05, 4.69) is 15.8 Å². The van der Waals surface area contributed by atoms with Gasteiger partial charge in [0.05, 0.1) is 16.0 Å². The van der Waals surface area contributed by atoms with Crippen LogP contribution < -0.4 is 35.6 Å². The topological polar surface area (TPSA) is 79.6 Å². The molecule has 1 aliphatic carbocycles. The molecule has 1 aromatic heterocycles. The third kappa shape index (κ3) is 7.81. The molecule has 1 heterocycles. The fourth-order valence-electron chi connectivity index (χ4n) is 1.95. The van der Waals surface area contributed by atoms with E-state index >= 15 is 0 Å². The summed E-state index contributed by atoms with van der Waals surface area (Å²) < 4.78 is 0. The minimum absolute atomic E-state index is 0. The van der Waals surface area contributed by atoms with Crippen LogP contribution in [0.15, 0.2) is 17.2 Å². The van der Waals surface area contributed by atoms with Gasteiger partial charge in [0, 0.05) is 12.1 Å². The molecule has 0 spiro atoms. The molecule has 0 radical (unpaired) electrons. The molecular formula is C11H14Cl2N4O2PdS2. The van der Waals surface area contributed by atoms with Gasteiger partial charge >= 0.3 is 25.4 Å². The van der Waals surface area contributed by atoms with Gasteiger partial charge in [-0.3, -0.25) is 15.5 Å². The number of halogens is 2. The number of rotatable bonds is 4. The number of thiocarbonyl (C=S) groups is 1. The van der Waals surface area contributed by atoms with Crippen molar-refractivity contribution in [2.75, 3.05) is 0 Å². The van der Waals surface area contributed by atoms with Gasteiger partial charge in [0.1, 0.15) is 0 Å². The molecule has 0 aromatic carbocycles. The quantitative estimate of drug-likeness (QED) is 0.155. The number of hydrazone groups is 1. The molecule has 2 N–H and O–H groups in total. The fourth-order valence-corrected chi connectivity index (χ4v) is 2.87. The van der Waals surface area contributed by atoms with Gasteiger partial charge in [-0.05, 0) is 31.1 Å². The Morgan fingerprint density at radius 3 is 2.59 bits per heavy atom. The predicted molar refractivity (Wildman–Crippen MR) is 79.7 cm³/mol. The van der Waals surface area contributed by atoms with Crippen molar-refractivity contribution in [2.24, 2.45) is 5.10 Å². The van der Waals surface area contributed by atoms with Gasteiger partial charge in [0.15, 0.2) is 5.11 Å². The number of hydrogen-bond donors (Lipinski definition) is 2. The summed E-state index contributed by atoms with van der Waals surface area (Å²) in [6.45, 7) is 0. The van der Waals surface area contributed by atoms with Gasteiger partial charge in [-0.25, -0.2) is 0 Å². The van der Waals surface area contributed by atoms with Gasteiger partial charge in [0.25, 0.3) is 0 Å². The summed E-state index contributed by atoms with van der Waals surface area (Å²) in [5.41, 5.74) is 2.72. The third-order valence-electron chi connectivity index (χ3n) is 2.84. The molecule has 1 aliphatic rings. The molecule has 2 rings (SSSR count). The molecule has 1 fully saturated rings. The average molecular weight is 476 g/mol. The summed E-state index contributed by atoms with van der Waals surface area (Å²) in [5.74, 6) is 0. The summed E-state index contributed by atoms with van der Waals surface area (Å²) in [6.07, 6.45) is 6.29. The molecular weight excluding hydrogens is 462 g/mol. The van der Waals surface area contributed by atoms with Crippen LogP contribution in [0.1, 0.15) is 30.6 Å². The molecule has 1 saturated carbocycles. The Morgan fingerprint density at radius 2 is 2.05 bits per heavy atom. The van der Waals surface area contributed by atoms with E-state index in [1.165, 1.54) is 25.1 Å². The fraction of sp³-hybridized carbons (Fsp3) is 0.455. The molecule has 22 heavy (non-hydrogen) atoms. The van der Waals surface area contributed by atoms with Crippen molar-refractivity contribution >= 4 is 39.9 Å². The molecule has 0 amide bonds. The first-order valence-electron chi connectivity index (χ1n) is 5.99. The van der Waals surface area contributed by atoms with E-state index in [1.807, 2.05) is 0 Å². The first-order valence-corrected chi connectivity index (χ1v) is 7.21. The Morgan fingerprint density at radius 1 is 1.41 bits per heavy atom. The minimum atomic E-state index is -0.415. The third-order valence-corrected chi connectivity index (χ3v) is 4.02. The Hall–Kier alpha value is -0.298. The number of hydrogen-bond acceptors (Lipinski definition) is 5. The molecule has 1 aromatic rings. The molecule has 0 atom stereocenters. The average Bonchev–Trinajstić information content (AvgIpc) is 3.00. The van der Waals surface area contributed by atoms with E-state index in [0.717, 1.165) is 24.2 Å². The number of thiophene rings is 1. The smallest absolute Gasteiger partial charge is 1.00 e. The van der Waals surface area contributed by atoms with Gasteiger partial charge < -0.3 is 30.1 Å². The largest absolute Gasteiger partial charge is 2.00 e. The molecule has 0 aliphatic heterocycles. The van der Waals surface area contributed by atoms with Gasteiger partial charge in [-0.15, -0.1) is 0 Å². The van der Waals surface area contributed by atoms with Gasteiger partial charge in [-0.1, -0.05) is 24.2 Å². The SMILES string of the molecule is O=[N+]([O-])c1ccc(/C=N\NC(=S)NC2CCCC2)s1.[Cl-].[Cl-].[Pd+2]. The zero-order valence-electron chi connectivity index (χ0n) is 11.2. The molecule has 11 heteroatoms. The van der Waals surface area contributed by atoms with Crippen LogP contribution in [0.25, 0.3) is 0 Å². The van der Waals surface area contributed by atoms with E-state index in [-0.39, 0.29) is 50.2 Å². The Balaban J connectivity index is 0. The van der Waals surface area contributed by atoms with Gasteiger partial charge in [-0.2, -0.15) is 5.10 Å². The number of nitro groups is 1. The second kappa shape index (κ2) is 12.2. The maximum atomic E-state index is 10.5. The normalized spacial score (nSPS) is 13.6. The minimum Gasteiger partial charge on any atom is -1.00 e. The van der Waals surface area contributed by atoms with Crippen molar-refractivity contribution in [2.45, 2.75) is 31.7 Å². The van der Waals surface area contributed by atoms with E-state index in [0.29, 0.717) is 16.0 Å². The summed E-state index contributed by atoms with van der Waals surface area (Å²) >= 11 is 6.19. The van der Waals surface area contributed by atoms with E-state index in [4.69, 9.17) is 12.2 Å². The van der Waals surface area contributed by atoms with Crippen molar-refractivity contribution in [3.8, 4) is 0 Å². The van der Waals surface area contributed by atoms with Gasteiger partial charge in [0.2, 0.25) is 0 Å². The first-order chi connectivity index (χ1) is 9.15. The number of nitrogens with one attached hydrogen (secondary N) is 2. The molecule has 126 valence electrons. The second-order valence-corrected chi connectivity index (χ2v) is 5.76. The van der Waals surface area contributed by atoms with Crippen LogP contribution in [-0.4, -0.2) is 22.3 Å². The van der Waals surface area contributed by atoms with E-state index in [1.54, 1.807) is 6.07 Å². The van der Waals surface area contributed by atoms with Crippen molar-refractivity contribution < 1.29 is 50.2 Å². The van der Waals surface area contributed by atoms with E-state index in [9.17, 15) is 10.1 Å². The van der Waals surface area contributed by atoms with Crippen LogP contribution >= 0.6 is 23.6 Å². The standard InChI is InChI=1S/C11H14N4O2S2.2ClH.Pd/c16-15(17)10-6-5-9(19-10)7-12-14-11(18)13-8-3-1-2-4-8;;;/h5-8H,1-4H2,(H2,13,14,18);2*1H;/q;;;+2/p-2/b12-7-;;;. The van der Waals surface area contributed by atoms with Crippen LogP contribution in [0.3, 0.4) is 0 Å². The molecule has 0 bridgehead atoms. The monoisotopic (exact) mass is 474 g/mol. The summed E-state index contributed by atoms with van der Waals surface area (Å²) in [6, 6.07) is 3.56. The zero-order valence-corrected chi connectivity index (χ0v) is 15.9. The Bertz CT molecular complexity index is 510. The van der Waals surface area contributed by atoms with Crippen LogP contribution in [0.2, 0.25) is 0 Å². The zero-order chi connectivity index (χ0) is 13.7. The molecule has 0 saturated heterocycles. The van der Waals surface area contributed by atoms with Crippen LogP contribution in [0.5, 0.6) is 0 Å². The Kier molecular flexibility index (Phi) is 13.2. The van der Waals surface area contributed by atoms with Crippen LogP contribution in [0.4, 0.5) is 5.00 Å². The first kappa shape index (κ1) is 24.0. The predicted octanol–water partition coefficient (Wildman–Crippen LogP) is -3.60. The Labute approximate surface area is 164 Å². The molecule has 0 unspecified atom stereocenters. The van der Waals surface area contributed by atoms with Crippen molar-refractivity contribution in [1.29, 1.82) is 0 Å². The maximum Gasteiger partial charge on any atom is 2.00 e.